The van der Waals surface area contributed by atoms with Crippen LogP contribution in [0.2, 0.25) is 0 Å². The van der Waals surface area contributed by atoms with Crippen LogP contribution >= 0.6 is 0 Å². The number of nitro benzene ring substituents is 1. The number of nitrogens with zero attached hydrogens (tertiary/aromatic N) is 2. The van der Waals surface area contributed by atoms with Gasteiger partial charge in [-0.05, 0) is 30.7 Å². The van der Waals surface area contributed by atoms with E-state index in [9.17, 15) is 19.7 Å². The largest absolute Gasteiger partial charge is 0.340 e. The number of aromatic nitrogens is 2. The van der Waals surface area contributed by atoms with Gasteiger partial charge in [-0.15, -0.1) is 0 Å². The molecule has 9 heteroatoms. The van der Waals surface area contributed by atoms with Crippen LogP contribution in [0.25, 0.3) is 0 Å². The Morgan fingerprint density at radius 2 is 1.70 bits per heavy atom. The molecule has 0 saturated heterocycles. The van der Waals surface area contributed by atoms with Gasteiger partial charge in [0.05, 0.1) is 11.3 Å². The Kier molecular flexibility index (Phi) is 4.93. The van der Waals surface area contributed by atoms with Crippen LogP contribution in [-0.2, 0) is 0 Å². The van der Waals surface area contributed by atoms with Gasteiger partial charge in [0, 0.05) is 23.5 Å². The zero-order valence-corrected chi connectivity index (χ0v) is 14.2. The van der Waals surface area contributed by atoms with E-state index < -0.39 is 16.7 Å². The van der Waals surface area contributed by atoms with Crippen molar-refractivity contribution in [2.24, 2.45) is 0 Å². The van der Waals surface area contributed by atoms with Crippen LogP contribution in [0, 0.1) is 17.0 Å². The summed E-state index contributed by atoms with van der Waals surface area (Å²) in [7, 11) is 0. The number of amides is 2. The van der Waals surface area contributed by atoms with Crippen molar-refractivity contribution >= 4 is 28.9 Å². The Hall–Kier alpha value is -4.01. The standard InChI is InChI=1S/C18H15N5O4/c1-11-4-2-5-12(8-11)21-17(24)15-16(20-10-19-15)18(25)22-13-6-3-7-14(9-13)23(26)27/h2-10H,1H3,(H,19,20)(H,21,24)(H,22,25). The molecule has 9 nitrogen and oxygen atoms in total. The number of aromatic amines is 1. The second kappa shape index (κ2) is 7.48. The fraction of sp³-hybridized carbons (Fsp3) is 0.0556. The number of rotatable bonds is 5. The highest BCUT2D eigenvalue weighted by Crippen LogP contribution is 2.18. The average Bonchev–Trinajstić information content (AvgIpc) is 3.12. The molecule has 0 aliphatic carbocycles. The number of H-pyrrole nitrogens is 1. The van der Waals surface area contributed by atoms with E-state index in [-0.39, 0.29) is 22.8 Å². The number of non-ortho nitro benzene ring substituents is 1. The molecule has 0 saturated carbocycles. The highest BCUT2D eigenvalue weighted by Gasteiger charge is 2.21. The van der Waals surface area contributed by atoms with Crippen molar-refractivity contribution in [1.29, 1.82) is 0 Å². The summed E-state index contributed by atoms with van der Waals surface area (Å²) in [6.07, 6.45) is 1.23. The summed E-state index contributed by atoms with van der Waals surface area (Å²) in [5.74, 6) is -1.19. The minimum absolute atomic E-state index is 0.0144. The first kappa shape index (κ1) is 17.8. The summed E-state index contributed by atoms with van der Waals surface area (Å²) in [5, 5.41) is 16.0. The van der Waals surface area contributed by atoms with Gasteiger partial charge in [0.15, 0.2) is 5.69 Å². The second-order valence-electron chi connectivity index (χ2n) is 5.71. The molecule has 0 aliphatic heterocycles. The van der Waals surface area contributed by atoms with E-state index >= 15 is 0 Å². The molecule has 3 aromatic rings. The van der Waals surface area contributed by atoms with E-state index in [1.54, 1.807) is 18.2 Å². The molecular formula is C18H15N5O4. The van der Waals surface area contributed by atoms with Gasteiger partial charge in [0.2, 0.25) is 0 Å². The third-order valence-corrected chi connectivity index (χ3v) is 3.67. The van der Waals surface area contributed by atoms with Crippen LogP contribution in [-0.4, -0.2) is 26.7 Å². The van der Waals surface area contributed by atoms with Gasteiger partial charge in [0.1, 0.15) is 5.69 Å². The van der Waals surface area contributed by atoms with Gasteiger partial charge >= 0.3 is 0 Å². The quantitative estimate of drug-likeness (QED) is 0.472. The number of carbonyl (C=O) groups is 2. The van der Waals surface area contributed by atoms with Gasteiger partial charge < -0.3 is 15.6 Å². The lowest BCUT2D eigenvalue weighted by molar-refractivity contribution is -0.384. The van der Waals surface area contributed by atoms with E-state index in [1.807, 2.05) is 13.0 Å². The van der Waals surface area contributed by atoms with Crippen LogP contribution in [0.4, 0.5) is 17.1 Å². The van der Waals surface area contributed by atoms with Crippen molar-refractivity contribution in [2.45, 2.75) is 6.92 Å². The zero-order valence-electron chi connectivity index (χ0n) is 14.2. The minimum atomic E-state index is -0.661. The number of carbonyl (C=O) groups excluding carboxylic acids is 2. The molecule has 0 unspecified atom stereocenters. The molecule has 0 radical (unpaired) electrons. The fourth-order valence-corrected chi connectivity index (χ4v) is 2.44. The number of nitro groups is 1. The van der Waals surface area contributed by atoms with E-state index in [1.165, 1.54) is 30.6 Å². The lowest BCUT2D eigenvalue weighted by atomic mass is 10.2. The maximum absolute atomic E-state index is 12.5. The molecule has 0 bridgehead atoms. The minimum Gasteiger partial charge on any atom is -0.340 e. The maximum atomic E-state index is 12.5. The number of nitrogens with one attached hydrogen (secondary N) is 3. The molecule has 1 heterocycles. The lowest BCUT2D eigenvalue weighted by Gasteiger charge is -2.07. The summed E-state index contributed by atoms with van der Waals surface area (Å²) in [4.78, 5) is 41.7. The van der Waals surface area contributed by atoms with Crippen LogP contribution in [0.5, 0.6) is 0 Å². The predicted molar refractivity (Wildman–Crippen MR) is 98.8 cm³/mol. The third kappa shape index (κ3) is 4.15. The number of hydrogen-bond acceptors (Lipinski definition) is 5. The zero-order chi connectivity index (χ0) is 19.4. The van der Waals surface area contributed by atoms with Crippen molar-refractivity contribution in [3.8, 4) is 0 Å². The number of imidazole rings is 1. The summed E-state index contributed by atoms with van der Waals surface area (Å²) < 4.78 is 0. The summed E-state index contributed by atoms with van der Waals surface area (Å²) in [6, 6.07) is 12.7. The molecular weight excluding hydrogens is 350 g/mol. The average molecular weight is 365 g/mol. The predicted octanol–water partition coefficient (Wildman–Crippen LogP) is 3.13. The van der Waals surface area contributed by atoms with Crippen LogP contribution in [0.1, 0.15) is 26.5 Å². The molecule has 2 amide bonds. The summed E-state index contributed by atoms with van der Waals surface area (Å²) >= 11 is 0. The first-order chi connectivity index (χ1) is 12.9. The molecule has 0 atom stereocenters. The molecule has 27 heavy (non-hydrogen) atoms. The number of anilines is 2. The van der Waals surface area contributed by atoms with Crippen molar-refractivity contribution in [1.82, 2.24) is 9.97 Å². The highest BCUT2D eigenvalue weighted by molar-refractivity contribution is 6.13. The normalized spacial score (nSPS) is 10.3. The van der Waals surface area contributed by atoms with E-state index in [4.69, 9.17) is 0 Å². The van der Waals surface area contributed by atoms with Crippen molar-refractivity contribution in [3.05, 3.63) is 81.9 Å². The molecule has 136 valence electrons. The molecule has 1 aromatic heterocycles. The van der Waals surface area contributed by atoms with E-state index in [0.717, 1.165) is 5.56 Å². The lowest BCUT2D eigenvalue weighted by Crippen LogP contribution is -2.20. The maximum Gasteiger partial charge on any atom is 0.276 e. The van der Waals surface area contributed by atoms with Crippen LogP contribution in [0.15, 0.2) is 54.9 Å². The molecule has 0 fully saturated rings. The van der Waals surface area contributed by atoms with Gasteiger partial charge in [-0.1, -0.05) is 18.2 Å². The van der Waals surface area contributed by atoms with Crippen molar-refractivity contribution in [2.75, 3.05) is 10.6 Å². The van der Waals surface area contributed by atoms with Gasteiger partial charge in [-0.2, -0.15) is 0 Å². The molecule has 0 spiro atoms. The van der Waals surface area contributed by atoms with Crippen LogP contribution < -0.4 is 10.6 Å². The third-order valence-electron chi connectivity index (χ3n) is 3.67. The monoisotopic (exact) mass is 365 g/mol. The first-order valence-electron chi connectivity index (χ1n) is 7.91. The Morgan fingerprint density at radius 3 is 2.41 bits per heavy atom. The second-order valence-corrected chi connectivity index (χ2v) is 5.71. The topological polar surface area (TPSA) is 130 Å². The first-order valence-corrected chi connectivity index (χ1v) is 7.91. The van der Waals surface area contributed by atoms with Crippen molar-refractivity contribution < 1.29 is 14.5 Å². The fourth-order valence-electron chi connectivity index (χ4n) is 2.44. The highest BCUT2D eigenvalue weighted by atomic mass is 16.6. The SMILES string of the molecule is Cc1cccc(NC(=O)c2[nH]cnc2C(=O)Nc2cccc([N+](=O)[O-])c2)c1. The molecule has 3 rings (SSSR count). The molecule has 0 aliphatic rings. The van der Waals surface area contributed by atoms with Crippen molar-refractivity contribution in [3.63, 3.8) is 0 Å². The molecule has 2 aromatic carbocycles. The van der Waals surface area contributed by atoms with E-state index in [2.05, 4.69) is 20.6 Å². The van der Waals surface area contributed by atoms with Gasteiger partial charge in [0.25, 0.3) is 17.5 Å². The number of aryl methyl sites for hydroxylation is 1. The number of hydrogen-bond donors (Lipinski definition) is 3. The van der Waals surface area contributed by atoms with Gasteiger partial charge in [-0.25, -0.2) is 4.98 Å². The Morgan fingerprint density at radius 1 is 1.04 bits per heavy atom. The Balaban J connectivity index is 1.77. The Labute approximate surface area is 153 Å². The number of benzene rings is 2. The van der Waals surface area contributed by atoms with E-state index in [0.29, 0.717) is 5.69 Å². The summed E-state index contributed by atoms with van der Waals surface area (Å²) in [6.45, 7) is 1.89. The summed E-state index contributed by atoms with van der Waals surface area (Å²) in [5.41, 5.74) is 1.49. The molecule has 3 N–H and O–H groups in total. The smallest absolute Gasteiger partial charge is 0.276 e. The Bertz CT molecular complexity index is 1030. The van der Waals surface area contributed by atoms with Gasteiger partial charge in [-0.3, -0.25) is 19.7 Å². The van der Waals surface area contributed by atoms with Crippen LogP contribution in [0.3, 0.4) is 0 Å².